The van der Waals surface area contributed by atoms with Gasteiger partial charge < -0.3 is 15.8 Å². The maximum Gasteiger partial charge on any atom is 0.254 e. The Labute approximate surface area is 94.2 Å². The van der Waals surface area contributed by atoms with Gasteiger partial charge in [0.1, 0.15) is 6.33 Å². The van der Waals surface area contributed by atoms with Crippen molar-refractivity contribution in [3.05, 3.63) is 24.3 Å². The smallest absolute Gasteiger partial charge is 0.254 e. The average Bonchev–Trinajstić information content (AvgIpc) is 2.34. The van der Waals surface area contributed by atoms with E-state index in [-0.39, 0.29) is 5.91 Å². The van der Waals surface area contributed by atoms with Gasteiger partial charge in [0.2, 0.25) is 0 Å². The zero-order valence-corrected chi connectivity index (χ0v) is 9.06. The molecule has 1 amide bonds. The first-order valence-electron chi connectivity index (χ1n) is 5.15. The maximum absolute atomic E-state index is 11.5. The number of hydrogen-bond donors (Lipinski definition) is 2. The topological polar surface area (TPSA) is 90.1 Å². The molecule has 16 heavy (non-hydrogen) atoms. The lowest BCUT2D eigenvalue weighted by molar-refractivity contribution is 0.0942. The van der Waals surface area contributed by atoms with E-state index in [2.05, 4.69) is 15.3 Å². The average molecular weight is 224 g/mol. The minimum atomic E-state index is -0.167. The Balaban J connectivity index is 2.12. The number of amides is 1. The van der Waals surface area contributed by atoms with Gasteiger partial charge in [-0.15, -0.1) is 0 Å². The summed E-state index contributed by atoms with van der Waals surface area (Å²) in [5, 5.41) is 2.75. The van der Waals surface area contributed by atoms with Gasteiger partial charge in [0.15, 0.2) is 0 Å². The summed E-state index contributed by atoms with van der Waals surface area (Å²) in [4.78, 5) is 19.0. The van der Waals surface area contributed by atoms with Crippen LogP contribution in [0.15, 0.2) is 18.7 Å². The Morgan fingerprint density at radius 3 is 2.81 bits per heavy atom. The summed E-state index contributed by atoms with van der Waals surface area (Å²) in [6.07, 6.45) is 5.11. The lowest BCUT2D eigenvalue weighted by Gasteiger charge is -2.04. The van der Waals surface area contributed by atoms with Gasteiger partial charge in [-0.3, -0.25) is 4.79 Å². The molecule has 1 aromatic rings. The first-order chi connectivity index (χ1) is 7.84. The van der Waals surface area contributed by atoms with E-state index >= 15 is 0 Å². The van der Waals surface area contributed by atoms with Crippen molar-refractivity contribution in [3.63, 3.8) is 0 Å². The molecule has 0 unspecified atom stereocenters. The van der Waals surface area contributed by atoms with Crippen LogP contribution in [0.25, 0.3) is 0 Å². The first kappa shape index (κ1) is 12.5. The molecule has 6 heteroatoms. The Bertz CT molecular complexity index is 305. The van der Waals surface area contributed by atoms with Crippen LogP contribution in [0.2, 0.25) is 0 Å². The van der Waals surface area contributed by atoms with Crippen LogP contribution in [0, 0.1) is 0 Å². The third-order valence-electron chi connectivity index (χ3n) is 1.84. The second-order valence-corrected chi connectivity index (χ2v) is 3.14. The monoisotopic (exact) mass is 224 g/mol. The summed E-state index contributed by atoms with van der Waals surface area (Å²) in [6.45, 7) is 2.25. The maximum atomic E-state index is 11.5. The number of ether oxygens (including phenoxy) is 1. The van der Waals surface area contributed by atoms with Crippen LogP contribution in [-0.4, -0.2) is 42.2 Å². The van der Waals surface area contributed by atoms with E-state index in [1.165, 1.54) is 18.7 Å². The van der Waals surface area contributed by atoms with Crippen LogP contribution in [0.4, 0.5) is 0 Å². The van der Waals surface area contributed by atoms with Crippen molar-refractivity contribution in [2.75, 3.05) is 26.3 Å². The van der Waals surface area contributed by atoms with Gasteiger partial charge in [-0.05, 0) is 6.42 Å². The van der Waals surface area contributed by atoms with Crippen molar-refractivity contribution in [2.45, 2.75) is 6.42 Å². The molecule has 1 heterocycles. The van der Waals surface area contributed by atoms with E-state index in [0.29, 0.717) is 31.9 Å². The van der Waals surface area contributed by atoms with Crippen LogP contribution in [0.1, 0.15) is 16.8 Å². The molecule has 0 atom stereocenters. The SMILES string of the molecule is NCCOCCCNC(=O)c1cncnc1. The fourth-order valence-electron chi connectivity index (χ4n) is 1.08. The number of carbonyl (C=O) groups is 1. The van der Waals surface area contributed by atoms with Gasteiger partial charge in [-0.25, -0.2) is 9.97 Å². The largest absolute Gasteiger partial charge is 0.380 e. The summed E-state index contributed by atoms with van der Waals surface area (Å²) in [7, 11) is 0. The number of carbonyl (C=O) groups excluding carboxylic acids is 1. The lowest BCUT2D eigenvalue weighted by Crippen LogP contribution is -2.25. The minimum absolute atomic E-state index is 0.167. The number of nitrogens with zero attached hydrogens (tertiary/aromatic N) is 2. The predicted molar refractivity (Wildman–Crippen MR) is 58.9 cm³/mol. The van der Waals surface area contributed by atoms with Crippen LogP contribution in [-0.2, 0) is 4.74 Å². The molecule has 0 aromatic carbocycles. The Morgan fingerprint density at radius 2 is 2.12 bits per heavy atom. The summed E-state index contributed by atoms with van der Waals surface area (Å²) < 4.78 is 5.17. The molecule has 3 N–H and O–H groups in total. The molecule has 0 fully saturated rings. The lowest BCUT2D eigenvalue weighted by atomic mass is 10.3. The van der Waals surface area contributed by atoms with E-state index in [0.717, 1.165) is 6.42 Å². The molecule has 0 saturated carbocycles. The van der Waals surface area contributed by atoms with Crippen LogP contribution < -0.4 is 11.1 Å². The van der Waals surface area contributed by atoms with Crippen molar-refractivity contribution in [1.82, 2.24) is 15.3 Å². The first-order valence-corrected chi connectivity index (χ1v) is 5.15. The number of rotatable bonds is 7. The van der Waals surface area contributed by atoms with Gasteiger partial charge in [0.05, 0.1) is 12.2 Å². The highest BCUT2D eigenvalue weighted by molar-refractivity contribution is 5.93. The second-order valence-electron chi connectivity index (χ2n) is 3.14. The molecule has 88 valence electrons. The highest BCUT2D eigenvalue weighted by Gasteiger charge is 2.03. The normalized spacial score (nSPS) is 10.1. The van der Waals surface area contributed by atoms with E-state index in [1.54, 1.807) is 0 Å². The van der Waals surface area contributed by atoms with Gasteiger partial charge in [-0.2, -0.15) is 0 Å². The molecule has 1 rings (SSSR count). The fraction of sp³-hybridized carbons (Fsp3) is 0.500. The number of hydrogen-bond acceptors (Lipinski definition) is 5. The highest BCUT2D eigenvalue weighted by Crippen LogP contribution is 1.92. The zero-order chi connectivity index (χ0) is 11.6. The van der Waals surface area contributed by atoms with Gasteiger partial charge in [0.25, 0.3) is 5.91 Å². The van der Waals surface area contributed by atoms with E-state index in [9.17, 15) is 4.79 Å². The highest BCUT2D eigenvalue weighted by atomic mass is 16.5. The third-order valence-corrected chi connectivity index (χ3v) is 1.84. The molecule has 0 radical (unpaired) electrons. The van der Waals surface area contributed by atoms with Crippen LogP contribution >= 0.6 is 0 Å². The van der Waals surface area contributed by atoms with Crippen molar-refractivity contribution < 1.29 is 9.53 Å². The predicted octanol–water partition coefficient (Wildman–Crippen LogP) is -0.428. The van der Waals surface area contributed by atoms with Gasteiger partial charge in [-0.1, -0.05) is 0 Å². The standard InChI is InChI=1S/C10H16N4O2/c11-2-5-16-4-1-3-14-10(15)9-6-12-8-13-7-9/h6-8H,1-5,11H2,(H,14,15). The van der Waals surface area contributed by atoms with Crippen molar-refractivity contribution >= 4 is 5.91 Å². The van der Waals surface area contributed by atoms with Crippen LogP contribution in [0.5, 0.6) is 0 Å². The van der Waals surface area contributed by atoms with E-state index < -0.39 is 0 Å². The molecule has 0 bridgehead atoms. The van der Waals surface area contributed by atoms with Gasteiger partial charge in [0, 0.05) is 32.1 Å². The van der Waals surface area contributed by atoms with E-state index in [1.807, 2.05) is 0 Å². The molecule has 1 aromatic heterocycles. The molecule has 0 aliphatic heterocycles. The molecule has 0 aliphatic carbocycles. The fourth-order valence-corrected chi connectivity index (χ4v) is 1.08. The molecule has 6 nitrogen and oxygen atoms in total. The summed E-state index contributed by atoms with van der Waals surface area (Å²) >= 11 is 0. The summed E-state index contributed by atoms with van der Waals surface area (Å²) in [5.74, 6) is -0.167. The molecule has 0 saturated heterocycles. The zero-order valence-electron chi connectivity index (χ0n) is 9.06. The molecule has 0 aliphatic rings. The van der Waals surface area contributed by atoms with Crippen molar-refractivity contribution in [2.24, 2.45) is 5.73 Å². The summed E-state index contributed by atoms with van der Waals surface area (Å²) in [5.41, 5.74) is 5.72. The van der Waals surface area contributed by atoms with Crippen LogP contribution in [0.3, 0.4) is 0 Å². The van der Waals surface area contributed by atoms with Gasteiger partial charge >= 0.3 is 0 Å². The Morgan fingerprint density at radius 1 is 1.38 bits per heavy atom. The van der Waals surface area contributed by atoms with E-state index in [4.69, 9.17) is 10.5 Å². The quantitative estimate of drug-likeness (QED) is 0.613. The third kappa shape index (κ3) is 4.81. The molecule has 0 spiro atoms. The van der Waals surface area contributed by atoms with Crippen molar-refractivity contribution in [3.8, 4) is 0 Å². The number of nitrogens with one attached hydrogen (secondary N) is 1. The Hall–Kier alpha value is -1.53. The second kappa shape index (κ2) is 7.72. The number of aromatic nitrogens is 2. The molecular formula is C10H16N4O2. The minimum Gasteiger partial charge on any atom is -0.380 e. The summed E-state index contributed by atoms with van der Waals surface area (Å²) in [6, 6.07) is 0. The number of nitrogens with two attached hydrogens (primary N) is 1. The molecular weight excluding hydrogens is 208 g/mol. The van der Waals surface area contributed by atoms with Crippen molar-refractivity contribution in [1.29, 1.82) is 0 Å². The Kier molecular flexibility index (Phi) is 6.05.